The topological polar surface area (TPSA) is 128 Å². The largest absolute Gasteiger partial charge is 0.445 e. The van der Waals surface area contributed by atoms with E-state index >= 15 is 0 Å². The van der Waals surface area contributed by atoms with E-state index in [1.165, 1.54) is 0 Å². The molecule has 26 heavy (non-hydrogen) atoms. The highest BCUT2D eigenvalue weighted by molar-refractivity contribution is 5.93. The second-order valence-corrected chi connectivity index (χ2v) is 5.92. The smallest absolute Gasteiger partial charge is 0.408 e. The van der Waals surface area contributed by atoms with Crippen LogP contribution in [0.2, 0.25) is 0 Å². The Morgan fingerprint density at radius 3 is 2.38 bits per heavy atom. The highest BCUT2D eigenvalue weighted by Gasteiger charge is 2.24. The number of Topliss-reactive ketones (excluding diaryl/α,β-unsaturated/α-hetero) is 1. The lowest BCUT2D eigenvalue weighted by Crippen LogP contribution is -2.50. The van der Waals surface area contributed by atoms with Gasteiger partial charge in [0.15, 0.2) is 5.78 Å². The number of carbonyl (C=O) groups excluding carboxylic acids is 4. The van der Waals surface area contributed by atoms with E-state index in [4.69, 9.17) is 10.5 Å². The van der Waals surface area contributed by atoms with Gasteiger partial charge < -0.3 is 21.1 Å². The maximum absolute atomic E-state index is 12.2. The van der Waals surface area contributed by atoms with Crippen LogP contribution < -0.4 is 16.4 Å². The van der Waals surface area contributed by atoms with Gasteiger partial charge in [0.05, 0.1) is 13.0 Å². The van der Waals surface area contributed by atoms with Crippen molar-refractivity contribution in [2.45, 2.75) is 39.3 Å². The summed E-state index contributed by atoms with van der Waals surface area (Å²) in [6.07, 6.45) is -0.601. The van der Waals surface area contributed by atoms with E-state index in [0.29, 0.717) is 6.42 Å². The summed E-state index contributed by atoms with van der Waals surface area (Å²) in [5.41, 5.74) is 5.90. The SMILES string of the molecule is CC[C@H](C)C(=O)CNC(=O)[C@H](CC(N)=O)NC(=O)OCc1ccccc1. The summed E-state index contributed by atoms with van der Waals surface area (Å²) in [6, 6.07) is 7.78. The molecule has 8 nitrogen and oxygen atoms in total. The molecule has 0 saturated heterocycles. The van der Waals surface area contributed by atoms with Crippen LogP contribution in [-0.2, 0) is 25.7 Å². The van der Waals surface area contributed by atoms with Gasteiger partial charge in [-0.2, -0.15) is 0 Å². The molecule has 0 spiro atoms. The summed E-state index contributed by atoms with van der Waals surface area (Å²) in [6.45, 7) is 3.47. The first-order valence-electron chi connectivity index (χ1n) is 8.39. The number of ketones is 1. The summed E-state index contributed by atoms with van der Waals surface area (Å²) in [4.78, 5) is 47.0. The van der Waals surface area contributed by atoms with Gasteiger partial charge in [-0.15, -0.1) is 0 Å². The monoisotopic (exact) mass is 363 g/mol. The molecule has 1 aromatic rings. The molecule has 4 N–H and O–H groups in total. The van der Waals surface area contributed by atoms with E-state index < -0.39 is 30.4 Å². The fourth-order valence-electron chi connectivity index (χ4n) is 2.02. The fraction of sp³-hybridized carbons (Fsp3) is 0.444. The molecule has 0 saturated carbocycles. The molecule has 0 heterocycles. The van der Waals surface area contributed by atoms with Crippen LogP contribution >= 0.6 is 0 Å². The van der Waals surface area contributed by atoms with Crippen molar-refractivity contribution in [1.82, 2.24) is 10.6 Å². The summed E-state index contributed by atoms with van der Waals surface area (Å²) in [7, 11) is 0. The van der Waals surface area contributed by atoms with Crippen molar-refractivity contribution >= 4 is 23.7 Å². The highest BCUT2D eigenvalue weighted by Crippen LogP contribution is 2.03. The summed E-state index contributed by atoms with van der Waals surface area (Å²) in [5.74, 6) is -1.75. The molecule has 3 amide bonds. The number of nitrogens with two attached hydrogens (primary N) is 1. The van der Waals surface area contributed by atoms with Crippen LogP contribution in [0.5, 0.6) is 0 Å². The summed E-state index contributed by atoms with van der Waals surface area (Å²) >= 11 is 0. The van der Waals surface area contributed by atoms with Crippen molar-refractivity contribution in [3.63, 3.8) is 0 Å². The third-order valence-corrected chi connectivity index (χ3v) is 3.83. The number of rotatable bonds is 10. The van der Waals surface area contributed by atoms with E-state index in [1.807, 2.05) is 13.0 Å². The second-order valence-electron chi connectivity index (χ2n) is 5.92. The highest BCUT2D eigenvalue weighted by atomic mass is 16.5. The molecule has 0 aromatic heterocycles. The van der Waals surface area contributed by atoms with Crippen molar-refractivity contribution in [2.75, 3.05) is 6.54 Å². The number of ether oxygens (including phenoxy) is 1. The molecular formula is C18H25N3O5. The van der Waals surface area contributed by atoms with Crippen molar-refractivity contribution < 1.29 is 23.9 Å². The molecular weight excluding hydrogens is 338 g/mol. The third kappa shape index (κ3) is 7.78. The number of nitrogens with one attached hydrogen (secondary N) is 2. The molecule has 0 aliphatic rings. The minimum Gasteiger partial charge on any atom is -0.445 e. The molecule has 2 atom stereocenters. The normalized spacial score (nSPS) is 12.5. The van der Waals surface area contributed by atoms with Crippen LogP contribution in [0.4, 0.5) is 4.79 Å². The van der Waals surface area contributed by atoms with Crippen molar-refractivity contribution in [2.24, 2.45) is 11.7 Å². The predicted octanol–water partition coefficient (Wildman–Crippen LogP) is 0.888. The molecule has 142 valence electrons. The van der Waals surface area contributed by atoms with E-state index in [0.717, 1.165) is 5.56 Å². The van der Waals surface area contributed by atoms with Gasteiger partial charge in [-0.1, -0.05) is 44.2 Å². The Balaban J connectivity index is 2.56. The Kier molecular flexibility index (Phi) is 8.83. The Morgan fingerprint density at radius 2 is 1.81 bits per heavy atom. The minimum atomic E-state index is -1.21. The predicted molar refractivity (Wildman–Crippen MR) is 94.8 cm³/mol. The van der Waals surface area contributed by atoms with Gasteiger partial charge >= 0.3 is 6.09 Å². The van der Waals surface area contributed by atoms with E-state index in [2.05, 4.69) is 10.6 Å². The maximum Gasteiger partial charge on any atom is 0.408 e. The van der Waals surface area contributed by atoms with E-state index in [-0.39, 0.29) is 24.9 Å². The van der Waals surface area contributed by atoms with Gasteiger partial charge in [-0.05, 0) is 12.0 Å². The summed E-state index contributed by atoms with van der Waals surface area (Å²) in [5, 5.41) is 4.72. The lowest BCUT2D eigenvalue weighted by Gasteiger charge is -2.17. The van der Waals surface area contributed by atoms with Crippen molar-refractivity contribution in [3.05, 3.63) is 35.9 Å². The Hall–Kier alpha value is -2.90. The standard InChI is InChI=1S/C18H25N3O5/c1-3-12(2)15(22)10-20-17(24)14(9-16(19)23)21-18(25)26-11-13-7-5-4-6-8-13/h4-8,12,14H,3,9-11H2,1-2H3,(H2,19,23)(H,20,24)(H,21,25)/t12-,14-/m0/s1. The zero-order valence-electron chi connectivity index (χ0n) is 15.0. The Morgan fingerprint density at radius 1 is 1.15 bits per heavy atom. The van der Waals surface area contributed by atoms with Gasteiger partial charge in [0, 0.05) is 5.92 Å². The number of hydrogen-bond acceptors (Lipinski definition) is 5. The fourth-order valence-corrected chi connectivity index (χ4v) is 2.02. The minimum absolute atomic E-state index is 0.0179. The first-order valence-corrected chi connectivity index (χ1v) is 8.39. The van der Waals surface area contributed by atoms with Gasteiger partial charge in [-0.25, -0.2) is 4.79 Å². The number of carbonyl (C=O) groups is 4. The number of hydrogen-bond donors (Lipinski definition) is 3. The third-order valence-electron chi connectivity index (χ3n) is 3.83. The van der Waals surface area contributed by atoms with Crippen LogP contribution in [0.15, 0.2) is 30.3 Å². The number of alkyl carbamates (subject to hydrolysis) is 1. The maximum atomic E-state index is 12.2. The van der Waals surface area contributed by atoms with Gasteiger partial charge in [0.25, 0.3) is 0 Å². The van der Waals surface area contributed by atoms with Crippen molar-refractivity contribution in [1.29, 1.82) is 0 Å². The molecule has 1 aromatic carbocycles. The number of benzene rings is 1. The molecule has 8 heteroatoms. The lowest BCUT2D eigenvalue weighted by atomic mass is 10.0. The Labute approximate surface area is 152 Å². The van der Waals surface area contributed by atoms with Gasteiger partial charge in [-0.3, -0.25) is 14.4 Å². The van der Waals surface area contributed by atoms with Gasteiger partial charge in [0.1, 0.15) is 12.6 Å². The first kappa shape index (κ1) is 21.1. The zero-order valence-corrected chi connectivity index (χ0v) is 15.0. The van der Waals surface area contributed by atoms with Crippen LogP contribution in [-0.4, -0.2) is 36.3 Å². The average molecular weight is 363 g/mol. The summed E-state index contributed by atoms with van der Waals surface area (Å²) < 4.78 is 5.02. The second kappa shape index (κ2) is 10.9. The van der Waals surface area contributed by atoms with Crippen LogP contribution in [0.3, 0.4) is 0 Å². The van der Waals surface area contributed by atoms with Crippen LogP contribution in [0, 0.1) is 5.92 Å². The molecule has 0 unspecified atom stereocenters. The first-order chi connectivity index (χ1) is 12.3. The number of amides is 3. The Bertz CT molecular complexity index is 633. The molecule has 0 aliphatic carbocycles. The quantitative estimate of drug-likeness (QED) is 0.569. The number of primary amides is 1. The van der Waals surface area contributed by atoms with Crippen molar-refractivity contribution in [3.8, 4) is 0 Å². The lowest BCUT2D eigenvalue weighted by molar-refractivity contribution is -0.129. The van der Waals surface area contributed by atoms with Gasteiger partial charge in [0.2, 0.25) is 11.8 Å². The molecule has 1 rings (SSSR count). The van der Waals surface area contributed by atoms with Crippen LogP contribution in [0.25, 0.3) is 0 Å². The van der Waals surface area contributed by atoms with Crippen LogP contribution in [0.1, 0.15) is 32.3 Å². The van der Waals surface area contributed by atoms with E-state index in [1.54, 1.807) is 31.2 Å². The van der Waals surface area contributed by atoms with E-state index in [9.17, 15) is 19.2 Å². The molecule has 0 bridgehead atoms. The molecule has 0 fully saturated rings. The average Bonchev–Trinajstić information content (AvgIpc) is 2.63. The molecule has 0 aliphatic heterocycles. The molecule has 0 radical (unpaired) electrons. The zero-order chi connectivity index (χ0) is 19.5.